The number of benzene rings is 2. The number of para-hydroxylation sites is 1. The average Bonchev–Trinajstić information content (AvgIpc) is 2.61. The standard InChI is InChI=1S/C20H25N3O2/c1-15(21)13-19(24)22-18(14-16-9-5-3-6-10-16)20(25)23(2)17-11-7-4-8-12-17/h3-12,15,18H,13-14,21H2,1-2H3,(H,22,24)/t15?,18-/m0/s1. The summed E-state index contributed by atoms with van der Waals surface area (Å²) < 4.78 is 0. The second-order valence-corrected chi connectivity index (χ2v) is 6.22. The summed E-state index contributed by atoms with van der Waals surface area (Å²) in [5.41, 5.74) is 7.47. The van der Waals surface area contributed by atoms with E-state index in [1.807, 2.05) is 60.7 Å². The minimum atomic E-state index is -0.640. The topological polar surface area (TPSA) is 75.4 Å². The van der Waals surface area contributed by atoms with Crippen LogP contribution in [0.25, 0.3) is 0 Å². The van der Waals surface area contributed by atoms with Crippen molar-refractivity contribution >= 4 is 17.5 Å². The summed E-state index contributed by atoms with van der Waals surface area (Å²) in [7, 11) is 1.72. The van der Waals surface area contributed by atoms with Crippen LogP contribution >= 0.6 is 0 Å². The monoisotopic (exact) mass is 339 g/mol. The van der Waals surface area contributed by atoms with E-state index in [0.29, 0.717) is 6.42 Å². The number of carbonyl (C=O) groups excluding carboxylic acids is 2. The molecule has 2 aromatic rings. The van der Waals surface area contributed by atoms with E-state index in [1.54, 1.807) is 18.9 Å². The molecule has 0 fully saturated rings. The molecule has 0 heterocycles. The number of likely N-dealkylation sites (N-methyl/N-ethyl adjacent to an activating group) is 1. The summed E-state index contributed by atoms with van der Waals surface area (Å²) >= 11 is 0. The van der Waals surface area contributed by atoms with Gasteiger partial charge in [0.25, 0.3) is 0 Å². The molecular formula is C20H25N3O2. The van der Waals surface area contributed by atoms with Crippen molar-refractivity contribution in [3.63, 3.8) is 0 Å². The maximum atomic E-state index is 12.9. The smallest absolute Gasteiger partial charge is 0.249 e. The molecule has 0 aliphatic carbocycles. The van der Waals surface area contributed by atoms with Gasteiger partial charge in [-0.05, 0) is 24.6 Å². The summed E-state index contributed by atoms with van der Waals surface area (Å²) in [4.78, 5) is 26.7. The lowest BCUT2D eigenvalue weighted by Crippen LogP contribution is -2.49. The molecule has 0 saturated heterocycles. The molecule has 132 valence electrons. The minimum absolute atomic E-state index is 0.159. The van der Waals surface area contributed by atoms with Crippen molar-refractivity contribution in [1.82, 2.24) is 5.32 Å². The van der Waals surface area contributed by atoms with Gasteiger partial charge in [-0.2, -0.15) is 0 Å². The minimum Gasteiger partial charge on any atom is -0.344 e. The molecule has 0 aliphatic rings. The first kappa shape index (κ1) is 18.7. The molecule has 0 spiro atoms. The number of carbonyl (C=O) groups is 2. The van der Waals surface area contributed by atoms with Crippen LogP contribution in [0, 0.1) is 0 Å². The molecule has 1 unspecified atom stereocenters. The van der Waals surface area contributed by atoms with Gasteiger partial charge in [-0.1, -0.05) is 48.5 Å². The van der Waals surface area contributed by atoms with Crippen molar-refractivity contribution in [2.24, 2.45) is 5.73 Å². The Morgan fingerprint density at radius 3 is 2.16 bits per heavy atom. The summed E-state index contributed by atoms with van der Waals surface area (Å²) in [5, 5.41) is 2.84. The van der Waals surface area contributed by atoms with E-state index < -0.39 is 6.04 Å². The van der Waals surface area contributed by atoms with Gasteiger partial charge in [0.15, 0.2) is 0 Å². The Hall–Kier alpha value is -2.66. The number of nitrogens with one attached hydrogen (secondary N) is 1. The third-order valence-corrected chi connectivity index (χ3v) is 3.90. The molecule has 0 radical (unpaired) electrons. The zero-order chi connectivity index (χ0) is 18.2. The number of amides is 2. The molecule has 2 atom stereocenters. The van der Waals surface area contributed by atoms with E-state index in [0.717, 1.165) is 11.3 Å². The van der Waals surface area contributed by atoms with E-state index in [-0.39, 0.29) is 24.3 Å². The molecule has 0 bridgehead atoms. The Kier molecular flexibility index (Phi) is 6.71. The third kappa shape index (κ3) is 5.72. The lowest BCUT2D eigenvalue weighted by atomic mass is 10.0. The Morgan fingerprint density at radius 2 is 1.60 bits per heavy atom. The molecule has 5 nitrogen and oxygen atoms in total. The van der Waals surface area contributed by atoms with Crippen molar-refractivity contribution in [2.75, 3.05) is 11.9 Å². The first-order valence-electron chi connectivity index (χ1n) is 8.39. The van der Waals surface area contributed by atoms with Crippen molar-refractivity contribution in [1.29, 1.82) is 0 Å². The summed E-state index contributed by atoms with van der Waals surface area (Å²) in [6.07, 6.45) is 0.620. The van der Waals surface area contributed by atoms with E-state index >= 15 is 0 Å². The molecule has 3 N–H and O–H groups in total. The van der Waals surface area contributed by atoms with Crippen molar-refractivity contribution in [3.8, 4) is 0 Å². The SMILES string of the molecule is CC(N)CC(=O)N[C@@H](Cc1ccccc1)C(=O)N(C)c1ccccc1. The van der Waals surface area contributed by atoms with E-state index in [2.05, 4.69) is 5.32 Å². The van der Waals surface area contributed by atoms with Crippen LogP contribution in [0.1, 0.15) is 18.9 Å². The lowest BCUT2D eigenvalue weighted by molar-refractivity contribution is -0.127. The van der Waals surface area contributed by atoms with Crippen molar-refractivity contribution in [2.45, 2.75) is 31.8 Å². The van der Waals surface area contributed by atoms with Gasteiger partial charge in [-0.3, -0.25) is 9.59 Å². The Morgan fingerprint density at radius 1 is 1.04 bits per heavy atom. The first-order chi connectivity index (χ1) is 12.0. The highest BCUT2D eigenvalue weighted by atomic mass is 16.2. The molecule has 0 saturated carbocycles. The quantitative estimate of drug-likeness (QED) is 0.811. The van der Waals surface area contributed by atoms with E-state index in [9.17, 15) is 9.59 Å². The van der Waals surface area contributed by atoms with Crippen LogP contribution in [0.2, 0.25) is 0 Å². The van der Waals surface area contributed by atoms with Crippen LogP contribution in [-0.4, -0.2) is 30.9 Å². The second-order valence-electron chi connectivity index (χ2n) is 6.22. The Balaban J connectivity index is 2.17. The lowest BCUT2D eigenvalue weighted by Gasteiger charge is -2.25. The van der Waals surface area contributed by atoms with Crippen LogP contribution in [0.15, 0.2) is 60.7 Å². The molecule has 25 heavy (non-hydrogen) atoms. The van der Waals surface area contributed by atoms with Gasteiger partial charge in [-0.25, -0.2) is 0 Å². The van der Waals surface area contributed by atoms with Gasteiger partial charge in [0.05, 0.1) is 0 Å². The van der Waals surface area contributed by atoms with Crippen LogP contribution in [0.4, 0.5) is 5.69 Å². The van der Waals surface area contributed by atoms with Crippen molar-refractivity contribution < 1.29 is 9.59 Å². The highest BCUT2D eigenvalue weighted by Gasteiger charge is 2.25. The van der Waals surface area contributed by atoms with Gasteiger partial charge in [-0.15, -0.1) is 0 Å². The van der Waals surface area contributed by atoms with E-state index in [4.69, 9.17) is 5.73 Å². The molecule has 2 aromatic carbocycles. The van der Waals surface area contributed by atoms with Crippen LogP contribution in [0.3, 0.4) is 0 Å². The highest BCUT2D eigenvalue weighted by Crippen LogP contribution is 2.14. The zero-order valence-electron chi connectivity index (χ0n) is 14.7. The molecule has 0 aromatic heterocycles. The molecule has 2 amide bonds. The highest BCUT2D eigenvalue weighted by molar-refractivity contribution is 5.99. The summed E-state index contributed by atoms with van der Waals surface area (Å²) in [6.45, 7) is 1.77. The van der Waals surface area contributed by atoms with Gasteiger partial charge >= 0.3 is 0 Å². The Labute approximate surface area is 148 Å². The van der Waals surface area contributed by atoms with E-state index in [1.165, 1.54) is 0 Å². The molecular weight excluding hydrogens is 314 g/mol. The third-order valence-electron chi connectivity index (χ3n) is 3.90. The normalized spacial score (nSPS) is 12.9. The van der Waals surface area contributed by atoms with Gasteiger partial charge < -0.3 is 16.0 Å². The zero-order valence-corrected chi connectivity index (χ0v) is 14.7. The predicted molar refractivity (Wildman–Crippen MR) is 100 cm³/mol. The molecule has 5 heteroatoms. The summed E-state index contributed by atoms with van der Waals surface area (Å²) in [6, 6.07) is 18.1. The van der Waals surface area contributed by atoms with Gasteiger partial charge in [0.1, 0.15) is 6.04 Å². The first-order valence-corrected chi connectivity index (χ1v) is 8.39. The van der Waals surface area contributed by atoms with Crippen LogP contribution in [-0.2, 0) is 16.0 Å². The maximum absolute atomic E-state index is 12.9. The van der Waals surface area contributed by atoms with Gasteiger partial charge in [0.2, 0.25) is 11.8 Å². The van der Waals surface area contributed by atoms with Crippen LogP contribution in [0.5, 0.6) is 0 Å². The largest absolute Gasteiger partial charge is 0.344 e. The Bertz CT molecular complexity index is 687. The fourth-order valence-electron chi connectivity index (χ4n) is 2.61. The number of anilines is 1. The van der Waals surface area contributed by atoms with Crippen molar-refractivity contribution in [3.05, 3.63) is 66.2 Å². The average molecular weight is 339 g/mol. The molecule has 0 aliphatic heterocycles. The van der Waals surface area contributed by atoms with Crippen LogP contribution < -0.4 is 16.0 Å². The number of hydrogen-bond acceptors (Lipinski definition) is 3. The summed E-state index contributed by atoms with van der Waals surface area (Å²) in [5.74, 6) is -0.376. The number of nitrogens with zero attached hydrogens (tertiary/aromatic N) is 1. The number of rotatable bonds is 7. The number of nitrogens with two attached hydrogens (primary N) is 1. The maximum Gasteiger partial charge on any atom is 0.249 e. The predicted octanol–water partition coefficient (Wildman–Crippen LogP) is 2.11. The number of hydrogen-bond donors (Lipinski definition) is 2. The van der Waals surface area contributed by atoms with Gasteiger partial charge in [0, 0.05) is 31.6 Å². The fourth-order valence-corrected chi connectivity index (χ4v) is 2.61. The molecule has 2 rings (SSSR count). The fraction of sp³-hybridized carbons (Fsp3) is 0.300. The second kappa shape index (κ2) is 8.99.